The summed E-state index contributed by atoms with van der Waals surface area (Å²) < 4.78 is 5.32. The molecule has 104 valence electrons. The van der Waals surface area contributed by atoms with Crippen LogP contribution in [0.25, 0.3) is 0 Å². The van der Waals surface area contributed by atoms with Gasteiger partial charge in [-0.05, 0) is 27.2 Å². The van der Waals surface area contributed by atoms with Gasteiger partial charge in [0.25, 0.3) is 0 Å². The molecule has 1 fully saturated rings. The van der Waals surface area contributed by atoms with Gasteiger partial charge >= 0.3 is 6.09 Å². The Hall–Kier alpha value is -1.10. The molecule has 0 saturated carbocycles. The molecule has 0 bridgehead atoms. The van der Waals surface area contributed by atoms with Crippen molar-refractivity contribution in [2.24, 2.45) is 0 Å². The maximum Gasteiger partial charge on any atom is 0.410 e. The molecule has 1 atom stereocenters. The Kier molecular flexibility index (Phi) is 5.14. The molecule has 0 spiro atoms. The van der Waals surface area contributed by atoms with Gasteiger partial charge in [-0.15, -0.1) is 0 Å². The van der Waals surface area contributed by atoms with Gasteiger partial charge in [-0.3, -0.25) is 4.90 Å². The Morgan fingerprint density at radius 2 is 1.83 bits per heavy atom. The van der Waals surface area contributed by atoms with Crippen molar-refractivity contribution in [2.75, 3.05) is 26.2 Å². The van der Waals surface area contributed by atoms with E-state index in [2.05, 4.69) is 4.90 Å². The molecule has 0 N–H and O–H groups in total. The van der Waals surface area contributed by atoms with Crippen LogP contribution in [0.15, 0.2) is 0 Å². The molecule has 5 heteroatoms. The molecule has 1 unspecified atom stereocenters. The van der Waals surface area contributed by atoms with Crippen molar-refractivity contribution in [1.82, 2.24) is 9.80 Å². The third kappa shape index (κ3) is 4.29. The summed E-state index contributed by atoms with van der Waals surface area (Å²) in [4.78, 5) is 26.6. The SMILES string of the molecule is CCC(C=O)N1CCN(C(=O)OC(C)(C)C)CC1. The molecule has 5 nitrogen and oxygen atoms in total. The topological polar surface area (TPSA) is 49.9 Å². The molecule has 1 amide bonds. The standard InChI is InChI=1S/C13H24N2O3/c1-5-11(10-16)14-6-8-15(9-7-14)12(17)18-13(2,3)4/h10-11H,5-9H2,1-4H3. The van der Waals surface area contributed by atoms with Crippen LogP contribution in [0.1, 0.15) is 34.1 Å². The van der Waals surface area contributed by atoms with Crippen molar-refractivity contribution in [3.05, 3.63) is 0 Å². The largest absolute Gasteiger partial charge is 0.444 e. The van der Waals surface area contributed by atoms with Crippen molar-refractivity contribution in [3.63, 3.8) is 0 Å². The number of carbonyl (C=O) groups is 2. The molecule has 0 aromatic rings. The van der Waals surface area contributed by atoms with E-state index in [0.29, 0.717) is 13.1 Å². The predicted octanol–water partition coefficient (Wildman–Crippen LogP) is 1.52. The lowest BCUT2D eigenvalue weighted by Crippen LogP contribution is -2.53. The first-order chi connectivity index (χ1) is 8.37. The highest BCUT2D eigenvalue weighted by atomic mass is 16.6. The molecule has 1 saturated heterocycles. The zero-order valence-corrected chi connectivity index (χ0v) is 11.8. The highest BCUT2D eigenvalue weighted by Gasteiger charge is 2.27. The monoisotopic (exact) mass is 256 g/mol. The molecule has 0 aromatic heterocycles. The molecule has 1 rings (SSSR count). The minimum atomic E-state index is -0.455. The molecular formula is C13H24N2O3. The van der Waals surface area contributed by atoms with Crippen molar-refractivity contribution < 1.29 is 14.3 Å². The van der Waals surface area contributed by atoms with Gasteiger partial charge in [-0.2, -0.15) is 0 Å². The molecule has 0 radical (unpaired) electrons. The highest BCUT2D eigenvalue weighted by Crippen LogP contribution is 2.13. The Morgan fingerprint density at radius 1 is 1.28 bits per heavy atom. The molecular weight excluding hydrogens is 232 g/mol. The number of hydrogen-bond donors (Lipinski definition) is 0. The van der Waals surface area contributed by atoms with Gasteiger partial charge in [0.1, 0.15) is 11.9 Å². The number of amides is 1. The summed E-state index contributed by atoms with van der Waals surface area (Å²) in [7, 11) is 0. The van der Waals surface area contributed by atoms with Crippen LogP contribution in [0.5, 0.6) is 0 Å². The van der Waals surface area contributed by atoms with E-state index in [1.54, 1.807) is 4.90 Å². The second-order valence-electron chi connectivity index (χ2n) is 5.62. The van der Waals surface area contributed by atoms with Gasteiger partial charge in [0.05, 0.1) is 6.04 Å². The van der Waals surface area contributed by atoms with Gasteiger partial charge in [0.15, 0.2) is 0 Å². The predicted molar refractivity (Wildman–Crippen MR) is 69.5 cm³/mol. The minimum absolute atomic E-state index is 0.0224. The molecule has 0 aliphatic carbocycles. The van der Waals surface area contributed by atoms with Crippen LogP contribution in [0.2, 0.25) is 0 Å². The number of rotatable bonds is 3. The Labute approximate surface area is 109 Å². The first-order valence-electron chi connectivity index (χ1n) is 6.54. The maximum absolute atomic E-state index is 11.8. The van der Waals surface area contributed by atoms with Gasteiger partial charge < -0.3 is 14.4 Å². The highest BCUT2D eigenvalue weighted by molar-refractivity contribution is 5.68. The van der Waals surface area contributed by atoms with Crippen molar-refractivity contribution in [1.29, 1.82) is 0 Å². The zero-order valence-electron chi connectivity index (χ0n) is 11.8. The van der Waals surface area contributed by atoms with E-state index in [9.17, 15) is 9.59 Å². The molecule has 1 aliphatic rings. The number of carbonyl (C=O) groups excluding carboxylic acids is 2. The fourth-order valence-electron chi connectivity index (χ4n) is 2.00. The van der Waals surface area contributed by atoms with E-state index in [1.807, 2.05) is 27.7 Å². The molecule has 1 heterocycles. The third-order valence-corrected chi connectivity index (χ3v) is 3.01. The van der Waals surface area contributed by atoms with Crippen molar-refractivity contribution in [3.8, 4) is 0 Å². The third-order valence-electron chi connectivity index (χ3n) is 3.01. The Bertz CT molecular complexity index is 291. The van der Waals surface area contributed by atoms with E-state index in [-0.39, 0.29) is 12.1 Å². The van der Waals surface area contributed by atoms with Crippen LogP contribution in [0.4, 0.5) is 4.79 Å². The summed E-state index contributed by atoms with van der Waals surface area (Å²) in [5, 5.41) is 0. The summed E-state index contributed by atoms with van der Waals surface area (Å²) in [6, 6.07) is -0.0224. The first-order valence-corrected chi connectivity index (χ1v) is 6.54. The molecule has 1 aliphatic heterocycles. The zero-order chi connectivity index (χ0) is 13.8. The number of ether oxygens (including phenoxy) is 1. The van der Waals surface area contributed by atoms with Crippen molar-refractivity contribution >= 4 is 12.4 Å². The van der Waals surface area contributed by atoms with Crippen LogP contribution in [0.3, 0.4) is 0 Å². The van der Waals surface area contributed by atoms with Crippen LogP contribution in [-0.2, 0) is 9.53 Å². The number of piperazine rings is 1. The van der Waals surface area contributed by atoms with E-state index < -0.39 is 5.60 Å². The lowest BCUT2D eigenvalue weighted by atomic mass is 10.2. The summed E-state index contributed by atoms with van der Waals surface area (Å²) in [5.41, 5.74) is -0.455. The molecule has 0 aromatic carbocycles. The number of aldehydes is 1. The van der Waals surface area contributed by atoms with Crippen molar-refractivity contribution in [2.45, 2.75) is 45.8 Å². The quantitative estimate of drug-likeness (QED) is 0.718. The second kappa shape index (κ2) is 6.18. The number of hydrogen-bond acceptors (Lipinski definition) is 4. The summed E-state index contributed by atoms with van der Waals surface area (Å²) in [6.45, 7) is 10.3. The van der Waals surface area contributed by atoms with Gasteiger partial charge in [-0.1, -0.05) is 6.92 Å². The van der Waals surface area contributed by atoms with Gasteiger partial charge in [-0.25, -0.2) is 4.79 Å². The maximum atomic E-state index is 11.8. The van der Waals surface area contributed by atoms with Gasteiger partial charge in [0, 0.05) is 26.2 Å². The van der Waals surface area contributed by atoms with Crippen LogP contribution in [-0.4, -0.2) is 60.0 Å². The van der Waals surface area contributed by atoms with Crippen LogP contribution < -0.4 is 0 Å². The summed E-state index contributed by atoms with van der Waals surface area (Å²) in [5.74, 6) is 0. The number of nitrogens with zero attached hydrogens (tertiary/aromatic N) is 2. The van der Waals surface area contributed by atoms with E-state index in [4.69, 9.17) is 4.74 Å². The Balaban J connectivity index is 2.44. The lowest BCUT2D eigenvalue weighted by molar-refractivity contribution is -0.113. The van der Waals surface area contributed by atoms with Crippen LogP contribution in [0, 0.1) is 0 Å². The summed E-state index contributed by atoms with van der Waals surface area (Å²) in [6.07, 6.45) is 1.54. The molecule has 18 heavy (non-hydrogen) atoms. The fraction of sp³-hybridized carbons (Fsp3) is 0.846. The second-order valence-corrected chi connectivity index (χ2v) is 5.62. The normalized spacial score (nSPS) is 19.4. The average Bonchev–Trinajstić information content (AvgIpc) is 2.29. The van der Waals surface area contributed by atoms with E-state index in [1.165, 1.54) is 0 Å². The smallest absolute Gasteiger partial charge is 0.410 e. The Morgan fingerprint density at radius 3 is 2.22 bits per heavy atom. The van der Waals surface area contributed by atoms with Crippen LogP contribution >= 0.6 is 0 Å². The minimum Gasteiger partial charge on any atom is -0.444 e. The lowest BCUT2D eigenvalue weighted by Gasteiger charge is -2.37. The van der Waals surface area contributed by atoms with Gasteiger partial charge in [0.2, 0.25) is 0 Å². The van der Waals surface area contributed by atoms with E-state index in [0.717, 1.165) is 25.8 Å². The average molecular weight is 256 g/mol. The van der Waals surface area contributed by atoms with E-state index >= 15 is 0 Å². The summed E-state index contributed by atoms with van der Waals surface area (Å²) >= 11 is 0. The first kappa shape index (κ1) is 15.0. The fourth-order valence-corrected chi connectivity index (χ4v) is 2.00.